The van der Waals surface area contributed by atoms with Crippen LogP contribution < -0.4 is 0 Å². The molecule has 0 saturated carbocycles. The molecular formula is C39H59NO3. The zero-order valence-corrected chi connectivity index (χ0v) is 27.4. The first-order chi connectivity index (χ1) is 21.3. The van der Waals surface area contributed by atoms with Crippen LogP contribution in [0.25, 0.3) is 10.8 Å². The molecular weight excluding hydrogens is 530 g/mol. The Morgan fingerprint density at radius 1 is 0.605 bits per heavy atom. The van der Waals surface area contributed by atoms with E-state index in [1.54, 1.807) is 7.11 Å². The van der Waals surface area contributed by atoms with E-state index < -0.39 is 0 Å². The molecule has 0 aliphatic rings. The van der Waals surface area contributed by atoms with Crippen molar-refractivity contribution in [2.75, 3.05) is 26.9 Å². The van der Waals surface area contributed by atoms with Crippen molar-refractivity contribution in [2.45, 2.75) is 129 Å². The maximum atomic E-state index is 6.00. The van der Waals surface area contributed by atoms with Crippen molar-refractivity contribution in [3.05, 3.63) is 77.6 Å². The molecule has 4 nitrogen and oxygen atoms in total. The number of aromatic nitrogens is 1. The van der Waals surface area contributed by atoms with Gasteiger partial charge in [-0.1, -0.05) is 152 Å². The van der Waals surface area contributed by atoms with Gasteiger partial charge in [-0.15, -0.1) is 0 Å². The summed E-state index contributed by atoms with van der Waals surface area (Å²) < 4.78 is 17.5. The largest absolute Gasteiger partial charge is 0.379 e. The number of ether oxygens (including phenoxy) is 3. The second-order valence-electron chi connectivity index (χ2n) is 12.3. The van der Waals surface area contributed by atoms with Crippen LogP contribution in [0.3, 0.4) is 0 Å². The van der Waals surface area contributed by atoms with E-state index in [-0.39, 0.29) is 6.10 Å². The number of unbranched alkanes of at least 4 members (excludes halogenated alkanes) is 15. The quantitative estimate of drug-likeness (QED) is 0.0873. The molecule has 0 amide bonds. The number of rotatable bonds is 26. The summed E-state index contributed by atoms with van der Waals surface area (Å²) in [5.74, 6) is 0. The van der Waals surface area contributed by atoms with Crippen LogP contribution in [0.15, 0.2) is 60.8 Å². The molecule has 1 aromatic heterocycles. The zero-order chi connectivity index (χ0) is 30.2. The van der Waals surface area contributed by atoms with Crippen LogP contribution in [0.1, 0.15) is 126 Å². The number of nitrogens with zero attached hydrogens (tertiary/aromatic N) is 1. The molecule has 0 spiro atoms. The highest BCUT2D eigenvalue weighted by molar-refractivity contribution is 5.81. The minimum absolute atomic E-state index is 0.0361. The molecule has 0 radical (unpaired) electrons. The Balaban J connectivity index is 1.15. The van der Waals surface area contributed by atoms with Gasteiger partial charge < -0.3 is 14.2 Å². The molecule has 1 heterocycles. The van der Waals surface area contributed by atoms with Gasteiger partial charge in [0, 0.05) is 37.4 Å². The Hall–Kier alpha value is -2.27. The fraction of sp³-hybridized carbons (Fsp3) is 0.615. The number of hydrogen-bond acceptors (Lipinski definition) is 4. The Labute approximate surface area is 262 Å². The van der Waals surface area contributed by atoms with Gasteiger partial charge >= 0.3 is 0 Å². The maximum absolute atomic E-state index is 6.00. The van der Waals surface area contributed by atoms with Crippen molar-refractivity contribution >= 4 is 10.8 Å². The van der Waals surface area contributed by atoms with E-state index in [0.717, 1.165) is 25.1 Å². The molecule has 1 unspecified atom stereocenters. The number of benzene rings is 2. The summed E-state index contributed by atoms with van der Waals surface area (Å²) in [7, 11) is 1.74. The molecule has 0 saturated heterocycles. The van der Waals surface area contributed by atoms with Crippen LogP contribution in [0.5, 0.6) is 0 Å². The summed E-state index contributed by atoms with van der Waals surface area (Å²) in [6, 6.07) is 19.1. The summed E-state index contributed by atoms with van der Waals surface area (Å²) >= 11 is 0. The highest BCUT2D eigenvalue weighted by Crippen LogP contribution is 2.17. The van der Waals surface area contributed by atoms with Gasteiger partial charge in [0.05, 0.1) is 19.8 Å². The fourth-order valence-electron chi connectivity index (χ4n) is 5.72. The maximum Gasteiger partial charge on any atom is 0.104 e. The van der Waals surface area contributed by atoms with E-state index in [4.69, 9.17) is 14.2 Å². The molecule has 0 aliphatic carbocycles. The first-order valence-corrected chi connectivity index (χ1v) is 17.4. The molecule has 0 N–H and O–H groups in total. The van der Waals surface area contributed by atoms with Crippen molar-refractivity contribution in [1.29, 1.82) is 0 Å². The summed E-state index contributed by atoms with van der Waals surface area (Å²) in [5.41, 5.74) is 3.49. The van der Waals surface area contributed by atoms with Crippen LogP contribution in [0, 0.1) is 0 Å². The predicted octanol–water partition coefficient (Wildman–Crippen LogP) is 10.6. The third kappa shape index (κ3) is 15.9. The molecule has 1 atom stereocenters. The van der Waals surface area contributed by atoms with Crippen molar-refractivity contribution in [2.24, 2.45) is 0 Å². The van der Waals surface area contributed by atoms with Crippen LogP contribution in [-0.4, -0.2) is 38.0 Å². The molecule has 3 rings (SSSR count). The molecule has 238 valence electrons. The summed E-state index contributed by atoms with van der Waals surface area (Å²) in [5, 5.41) is 2.41. The van der Waals surface area contributed by atoms with Gasteiger partial charge in [0.15, 0.2) is 0 Å². The monoisotopic (exact) mass is 589 g/mol. The predicted molar refractivity (Wildman–Crippen MR) is 182 cm³/mol. The van der Waals surface area contributed by atoms with E-state index >= 15 is 0 Å². The topological polar surface area (TPSA) is 40.6 Å². The number of methoxy groups -OCH3 is 1. The smallest absolute Gasteiger partial charge is 0.104 e. The van der Waals surface area contributed by atoms with Gasteiger partial charge in [0.2, 0.25) is 0 Å². The van der Waals surface area contributed by atoms with E-state index in [0.29, 0.717) is 19.8 Å². The molecule has 2 aromatic carbocycles. The first kappa shape index (κ1) is 35.2. The van der Waals surface area contributed by atoms with Crippen LogP contribution in [0.2, 0.25) is 0 Å². The lowest BCUT2D eigenvalue weighted by Gasteiger charge is -2.16. The molecule has 43 heavy (non-hydrogen) atoms. The van der Waals surface area contributed by atoms with Crippen LogP contribution >= 0.6 is 0 Å². The third-order valence-corrected chi connectivity index (χ3v) is 8.42. The van der Waals surface area contributed by atoms with E-state index in [1.807, 2.05) is 6.20 Å². The SMILES string of the molecule is CCCCCCCCCCCCCCCCCCOCC(COCc1cccc(Cc2cc3ccccc3cn2)c1)OC. The average Bonchev–Trinajstić information content (AvgIpc) is 3.03. The van der Waals surface area contributed by atoms with Crippen molar-refractivity contribution in [3.8, 4) is 0 Å². The minimum Gasteiger partial charge on any atom is -0.379 e. The van der Waals surface area contributed by atoms with Gasteiger partial charge in [-0.3, -0.25) is 4.98 Å². The van der Waals surface area contributed by atoms with Gasteiger partial charge in [-0.05, 0) is 29.0 Å². The number of fused-ring (bicyclic) bond motifs is 1. The van der Waals surface area contributed by atoms with Gasteiger partial charge in [0.1, 0.15) is 6.10 Å². The molecule has 3 aromatic rings. The zero-order valence-electron chi connectivity index (χ0n) is 27.4. The second kappa shape index (κ2) is 23.2. The fourth-order valence-corrected chi connectivity index (χ4v) is 5.72. The Kier molecular flexibility index (Phi) is 19.0. The molecule has 0 fully saturated rings. The van der Waals surface area contributed by atoms with Gasteiger partial charge in [-0.25, -0.2) is 0 Å². The van der Waals surface area contributed by atoms with Crippen molar-refractivity contribution in [1.82, 2.24) is 4.98 Å². The van der Waals surface area contributed by atoms with Crippen LogP contribution in [-0.2, 0) is 27.2 Å². The third-order valence-electron chi connectivity index (χ3n) is 8.42. The Morgan fingerprint density at radius 2 is 1.19 bits per heavy atom. The van der Waals surface area contributed by atoms with Crippen molar-refractivity contribution in [3.63, 3.8) is 0 Å². The standard InChI is InChI=1S/C39H59NO3/c1-3-4-5-6-7-8-9-10-11-12-13-14-15-16-17-20-26-42-32-39(41-2)33-43-31-35-23-21-22-34(27-35)28-38-29-36-24-18-19-25-37(36)30-40-38/h18-19,21-25,27,29-30,39H,3-17,20,26,28,31-33H2,1-2H3. The molecule has 0 bridgehead atoms. The van der Waals surface area contributed by atoms with Crippen LogP contribution in [0.4, 0.5) is 0 Å². The Bertz CT molecular complexity index is 1100. The van der Waals surface area contributed by atoms with E-state index in [1.165, 1.54) is 118 Å². The molecule has 4 heteroatoms. The lowest BCUT2D eigenvalue weighted by molar-refractivity contribution is -0.0451. The normalized spacial score (nSPS) is 12.2. The Morgan fingerprint density at radius 3 is 1.84 bits per heavy atom. The number of pyridine rings is 1. The van der Waals surface area contributed by atoms with Gasteiger partial charge in [0.25, 0.3) is 0 Å². The lowest BCUT2D eigenvalue weighted by Crippen LogP contribution is -2.24. The van der Waals surface area contributed by atoms with Gasteiger partial charge in [-0.2, -0.15) is 0 Å². The summed E-state index contributed by atoms with van der Waals surface area (Å²) in [4.78, 5) is 4.65. The summed E-state index contributed by atoms with van der Waals surface area (Å²) in [6.45, 7) is 4.79. The lowest BCUT2D eigenvalue weighted by atomic mass is 10.0. The highest BCUT2D eigenvalue weighted by atomic mass is 16.6. The van der Waals surface area contributed by atoms with E-state index in [9.17, 15) is 0 Å². The number of hydrogen-bond donors (Lipinski definition) is 0. The highest BCUT2D eigenvalue weighted by Gasteiger charge is 2.09. The average molecular weight is 590 g/mol. The minimum atomic E-state index is -0.0361. The van der Waals surface area contributed by atoms with Crippen molar-refractivity contribution < 1.29 is 14.2 Å². The summed E-state index contributed by atoms with van der Waals surface area (Å²) in [6.07, 6.45) is 24.9. The first-order valence-electron chi connectivity index (χ1n) is 17.4. The van der Waals surface area contributed by atoms with E-state index in [2.05, 4.69) is 66.5 Å². The molecule has 0 aliphatic heterocycles. The second-order valence-corrected chi connectivity index (χ2v) is 12.3.